The summed E-state index contributed by atoms with van der Waals surface area (Å²) in [6.45, 7) is 6.57. The fraction of sp³-hybridized carbons (Fsp3) is 0.611. The maximum Gasteiger partial charge on any atom is 0.220 e. The predicted molar refractivity (Wildman–Crippen MR) is 83.8 cm³/mol. The Morgan fingerprint density at radius 1 is 1.25 bits per heavy atom. The predicted octanol–water partition coefficient (Wildman–Crippen LogP) is 4.05. The van der Waals surface area contributed by atoms with E-state index in [0.717, 1.165) is 19.3 Å². The van der Waals surface area contributed by atoms with E-state index in [0.29, 0.717) is 24.3 Å². The maximum atomic E-state index is 12.2. The van der Waals surface area contributed by atoms with E-state index in [4.69, 9.17) is 0 Å². The van der Waals surface area contributed by atoms with E-state index in [1.54, 1.807) is 0 Å². The lowest BCUT2D eigenvalue weighted by molar-refractivity contribution is -0.122. The highest BCUT2D eigenvalue weighted by atomic mass is 16.1. The Labute approximate surface area is 123 Å². The summed E-state index contributed by atoms with van der Waals surface area (Å²) in [5, 5.41) is 3.15. The molecule has 0 bridgehead atoms. The topological polar surface area (TPSA) is 29.1 Å². The molecule has 2 unspecified atom stereocenters. The van der Waals surface area contributed by atoms with Crippen molar-refractivity contribution < 1.29 is 4.79 Å². The number of rotatable bonds is 6. The summed E-state index contributed by atoms with van der Waals surface area (Å²) in [5.74, 6) is 1.34. The number of fused-ring (bicyclic) bond motifs is 1. The van der Waals surface area contributed by atoms with Crippen LogP contribution in [0.15, 0.2) is 24.3 Å². The highest BCUT2D eigenvalue weighted by molar-refractivity contribution is 5.77. The number of amides is 1. The molecule has 1 amide bonds. The van der Waals surface area contributed by atoms with Gasteiger partial charge in [0, 0.05) is 12.5 Å². The lowest BCUT2D eigenvalue weighted by Gasteiger charge is -2.17. The standard InChI is InChI=1S/C18H27NO/c1-13(2)8-9-14(3)19-18(20)12-16-11-10-15-6-4-5-7-17(15)16/h4-7,13-14,16H,8-12H2,1-3H3,(H,19,20). The van der Waals surface area contributed by atoms with Gasteiger partial charge >= 0.3 is 0 Å². The highest BCUT2D eigenvalue weighted by Crippen LogP contribution is 2.35. The summed E-state index contributed by atoms with van der Waals surface area (Å²) in [7, 11) is 0. The molecule has 1 aromatic carbocycles. The number of hydrogen-bond acceptors (Lipinski definition) is 1. The van der Waals surface area contributed by atoms with Gasteiger partial charge in [0.1, 0.15) is 0 Å². The van der Waals surface area contributed by atoms with Crippen LogP contribution in [-0.2, 0) is 11.2 Å². The summed E-state index contributed by atoms with van der Waals surface area (Å²) in [6.07, 6.45) is 5.13. The average Bonchev–Trinajstić information content (AvgIpc) is 2.80. The Kier molecular flexibility index (Phi) is 5.22. The molecule has 0 saturated carbocycles. The molecule has 1 aliphatic carbocycles. The molecule has 0 heterocycles. The first-order valence-corrected chi connectivity index (χ1v) is 7.93. The van der Waals surface area contributed by atoms with Crippen LogP contribution in [0, 0.1) is 5.92 Å². The van der Waals surface area contributed by atoms with Gasteiger partial charge in [-0.3, -0.25) is 4.79 Å². The van der Waals surface area contributed by atoms with Crippen LogP contribution in [0.5, 0.6) is 0 Å². The molecule has 0 fully saturated rings. The minimum absolute atomic E-state index is 0.211. The first-order valence-electron chi connectivity index (χ1n) is 7.93. The Hall–Kier alpha value is -1.31. The molecule has 0 radical (unpaired) electrons. The van der Waals surface area contributed by atoms with Gasteiger partial charge in [0.15, 0.2) is 0 Å². The summed E-state index contributed by atoms with van der Waals surface area (Å²) in [5.41, 5.74) is 2.82. The molecular weight excluding hydrogens is 246 g/mol. The van der Waals surface area contributed by atoms with Crippen molar-refractivity contribution in [3.63, 3.8) is 0 Å². The molecule has 2 atom stereocenters. The van der Waals surface area contributed by atoms with E-state index in [2.05, 4.69) is 50.4 Å². The van der Waals surface area contributed by atoms with Crippen molar-refractivity contribution in [2.75, 3.05) is 0 Å². The first-order chi connectivity index (χ1) is 9.56. The normalized spacial score (nSPS) is 18.9. The van der Waals surface area contributed by atoms with Gasteiger partial charge in [0.05, 0.1) is 0 Å². The lowest BCUT2D eigenvalue weighted by atomic mass is 9.97. The number of carbonyl (C=O) groups is 1. The second-order valence-electron chi connectivity index (χ2n) is 6.58. The van der Waals surface area contributed by atoms with E-state index >= 15 is 0 Å². The van der Waals surface area contributed by atoms with Gasteiger partial charge in [0.2, 0.25) is 5.91 Å². The Balaban J connectivity index is 1.81. The zero-order chi connectivity index (χ0) is 14.5. The summed E-state index contributed by atoms with van der Waals surface area (Å²) in [6, 6.07) is 8.85. The molecule has 1 aliphatic rings. The van der Waals surface area contributed by atoms with E-state index in [1.165, 1.54) is 17.5 Å². The molecule has 0 spiro atoms. The van der Waals surface area contributed by atoms with Crippen LogP contribution in [0.4, 0.5) is 0 Å². The van der Waals surface area contributed by atoms with Gasteiger partial charge < -0.3 is 5.32 Å². The maximum absolute atomic E-state index is 12.2. The van der Waals surface area contributed by atoms with Crippen LogP contribution >= 0.6 is 0 Å². The quantitative estimate of drug-likeness (QED) is 0.832. The zero-order valence-electron chi connectivity index (χ0n) is 13.0. The Morgan fingerprint density at radius 2 is 2.00 bits per heavy atom. The minimum atomic E-state index is 0.211. The molecule has 2 heteroatoms. The van der Waals surface area contributed by atoms with Crippen LogP contribution in [0.25, 0.3) is 0 Å². The van der Waals surface area contributed by atoms with Crippen molar-refractivity contribution >= 4 is 5.91 Å². The third-order valence-corrected chi connectivity index (χ3v) is 4.27. The second-order valence-corrected chi connectivity index (χ2v) is 6.58. The average molecular weight is 273 g/mol. The van der Waals surface area contributed by atoms with E-state index in [9.17, 15) is 4.79 Å². The monoisotopic (exact) mass is 273 g/mol. The van der Waals surface area contributed by atoms with Crippen molar-refractivity contribution in [3.8, 4) is 0 Å². The number of carbonyl (C=O) groups excluding carboxylic acids is 1. The SMILES string of the molecule is CC(C)CCC(C)NC(=O)CC1CCc2ccccc21. The molecule has 0 saturated heterocycles. The van der Waals surface area contributed by atoms with Gasteiger partial charge in [-0.05, 0) is 55.6 Å². The van der Waals surface area contributed by atoms with Crippen LogP contribution in [-0.4, -0.2) is 11.9 Å². The third kappa shape index (κ3) is 4.09. The van der Waals surface area contributed by atoms with Gasteiger partial charge in [-0.2, -0.15) is 0 Å². The van der Waals surface area contributed by atoms with Gasteiger partial charge in [-0.25, -0.2) is 0 Å². The third-order valence-electron chi connectivity index (χ3n) is 4.27. The van der Waals surface area contributed by atoms with Gasteiger partial charge in [-0.15, -0.1) is 0 Å². The molecule has 0 aliphatic heterocycles. The number of aryl methyl sites for hydroxylation is 1. The largest absolute Gasteiger partial charge is 0.354 e. The second kappa shape index (κ2) is 6.92. The summed E-state index contributed by atoms with van der Waals surface area (Å²) < 4.78 is 0. The lowest BCUT2D eigenvalue weighted by Crippen LogP contribution is -2.33. The van der Waals surface area contributed by atoms with Crippen LogP contribution in [0.3, 0.4) is 0 Å². The van der Waals surface area contributed by atoms with E-state index < -0.39 is 0 Å². The molecule has 1 aromatic rings. The number of nitrogens with one attached hydrogen (secondary N) is 1. The number of benzene rings is 1. The van der Waals surface area contributed by atoms with E-state index in [1.807, 2.05) is 0 Å². The van der Waals surface area contributed by atoms with Crippen molar-refractivity contribution in [1.82, 2.24) is 5.32 Å². The summed E-state index contributed by atoms with van der Waals surface area (Å²) in [4.78, 5) is 12.2. The smallest absolute Gasteiger partial charge is 0.220 e. The molecular formula is C18H27NO. The first kappa shape index (κ1) is 15.1. The van der Waals surface area contributed by atoms with Gasteiger partial charge in [-0.1, -0.05) is 38.1 Å². The van der Waals surface area contributed by atoms with Crippen molar-refractivity contribution in [2.45, 2.75) is 64.8 Å². The van der Waals surface area contributed by atoms with Crippen LogP contribution in [0.1, 0.15) is 63.5 Å². The zero-order valence-corrected chi connectivity index (χ0v) is 13.0. The Morgan fingerprint density at radius 3 is 2.75 bits per heavy atom. The minimum Gasteiger partial charge on any atom is -0.354 e. The van der Waals surface area contributed by atoms with E-state index in [-0.39, 0.29) is 5.91 Å². The Bertz CT molecular complexity index is 452. The fourth-order valence-electron chi connectivity index (χ4n) is 3.07. The highest BCUT2D eigenvalue weighted by Gasteiger charge is 2.24. The molecule has 2 nitrogen and oxygen atoms in total. The van der Waals surface area contributed by atoms with Crippen molar-refractivity contribution in [2.24, 2.45) is 5.92 Å². The van der Waals surface area contributed by atoms with Crippen molar-refractivity contribution in [3.05, 3.63) is 35.4 Å². The van der Waals surface area contributed by atoms with Crippen LogP contribution < -0.4 is 5.32 Å². The fourth-order valence-corrected chi connectivity index (χ4v) is 3.07. The molecule has 2 rings (SSSR count). The molecule has 1 N–H and O–H groups in total. The van der Waals surface area contributed by atoms with Crippen LogP contribution in [0.2, 0.25) is 0 Å². The molecule has 20 heavy (non-hydrogen) atoms. The molecule has 0 aromatic heterocycles. The van der Waals surface area contributed by atoms with Crippen molar-refractivity contribution in [1.29, 1.82) is 0 Å². The van der Waals surface area contributed by atoms with Gasteiger partial charge in [0.25, 0.3) is 0 Å². The molecule has 110 valence electrons. The number of hydrogen-bond donors (Lipinski definition) is 1. The summed E-state index contributed by atoms with van der Waals surface area (Å²) >= 11 is 0.